The number of piperidine rings is 1. The first-order valence-corrected chi connectivity index (χ1v) is 13.4. The standard InChI is InChI=1S/C28H34N2O8.ClH/c1-25(2,3)27(35)13-18-26(14-19(31)36-18)24(34)38-23-28(26,27)20(37-22(33)17-7-5-4-6-8-17)21(32)30(23)15-16-9-11-29-12-10-16;/h4-8,16,18,20,23,29,35H,9-15H2,1-3H3;1H/t18-,20+,23-,26-,27+,28+;/m0./s1. The van der Waals surface area contributed by atoms with Crippen LogP contribution in [0.3, 0.4) is 0 Å². The van der Waals surface area contributed by atoms with Gasteiger partial charge in [0.25, 0.3) is 5.91 Å². The zero-order valence-electron chi connectivity index (χ0n) is 22.3. The van der Waals surface area contributed by atoms with Crippen LogP contribution >= 0.6 is 12.4 Å². The normalized spacial score (nSPS) is 37.5. The zero-order valence-corrected chi connectivity index (χ0v) is 23.1. The molecule has 6 atom stereocenters. The van der Waals surface area contributed by atoms with Gasteiger partial charge in [0.05, 0.1) is 17.6 Å². The fraction of sp³-hybridized carbons (Fsp3) is 0.643. The minimum absolute atomic E-state index is 0. The minimum atomic E-state index is -1.75. The van der Waals surface area contributed by atoms with Crippen molar-refractivity contribution in [2.75, 3.05) is 19.6 Å². The van der Waals surface area contributed by atoms with Crippen molar-refractivity contribution in [3.8, 4) is 0 Å². The highest BCUT2D eigenvalue weighted by Crippen LogP contribution is 2.76. The van der Waals surface area contributed by atoms with Crippen LogP contribution in [0.4, 0.5) is 0 Å². The van der Waals surface area contributed by atoms with E-state index in [2.05, 4.69) is 5.32 Å². The summed E-state index contributed by atoms with van der Waals surface area (Å²) >= 11 is 0. The predicted octanol–water partition coefficient (Wildman–Crippen LogP) is 1.83. The van der Waals surface area contributed by atoms with Gasteiger partial charge in [-0.1, -0.05) is 39.0 Å². The lowest BCUT2D eigenvalue weighted by Crippen LogP contribution is -2.66. The molecule has 1 aliphatic carbocycles. The number of hydrogen-bond acceptors (Lipinski definition) is 9. The largest absolute Gasteiger partial charge is 0.461 e. The van der Waals surface area contributed by atoms with Gasteiger partial charge in [-0.05, 0) is 49.4 Å². The van der Waals surface area contributed by atoms with Gasteiger partial charge in [0, 0.05) is 13.0 Å². The van der Waals surface area contributed by atoms with Crippen molar-refractivity contribution >= 4 is 36.2 Å². The molecule has 2 spiro atoms. The SMILES string of the molecule is CC(C)(C)[C@]1(O)C[C@@H]2OC(=O)C[C@@]23C(=O)O[C@@H]2N(CC4CCNCC4)C(=O)[C@@H](OC(=O)c4ccccc4)[C@]213.Cl. The number of halogens is 1. The van der Waals surface area contributed by atoms with E-state index in [9.17, 15) is 24.3 Å². The summed E-state index contributed by atoms with van der Waals surface area (Å²) in [5.41, 5.74) is -5.80. The number of hydrogen-bond donors (Lipinski definition) is 2. The first kappa shape index (κ1) is 27.9. The molecule has 1 aromatic carbocycles. The van der Waals surface area contributed by atoms with Crippen LogP contribution in [0.5, 0.6) is 0 Å². The Morgan fingerprint density at radius 1 is 1.13 bits per heavy atom. The molecule has 6 rings (SSSR count). The Bertz CT molecular complexity index is 1200. The molecule has 39 heavy (non-hydrogen) atoms. The summed E-state index contributed by atoms with van der Waals surface area (Å²) < 4.78 is 17.7. The smallest absolute Gasteiger partial charge is 0.338 e. The second kappa shape index (κ2) is 9.17. The Kier molecular flexibility index (Phi) is 6.55. The molecule has 2 N–H and O–H groups in total. The van der Waals surface area contributed by atoms with Crippen molar-refractivity contribution in [2.24, 2.45) is 22.2 Å². The Labute approximate surface area is 233 Å². The van der Waals surface area contributed by atoms with E-state index in [0.29, 0.717) is 0 Å². The Hall–Kier alpha value is -2.69. The lowest BCUT2D eigenvalue weighted by atomic mass is 9.52. The predicted molar refractivity (Wildman–Crippen MR) is 138 cm³/mol. The van der Waals surface area contributed by atoms with Crippen LogP contribution in [0.15, 0.2) is 30.3 Å². The maximum Gasteiger partial charge on any atom is 0.338 e. The van der Waals surface area contributed by atoms with E-state index in [0.717, 1.165) is 25.9 Å². The summed E-state index contributed by atoms with van der Waals surface area (Å²) in [6.45, 7) is 7.33. The molecule has 1 amide bonds. The number of aliphatic hydroxyl groups is 1. The summed E-state index contributed by atoms with van der Waals surface area (Å²) in [4.78, 5) is 55.7. The number of carbonyl (C=O) groups excluding carboxylic acids is 4. The molecule has 4 heterocycles. The molecule has 11 heteroatoms. The van der Waals surface area contributed by atoms with Crippen molar-refractivity contribution in [3.63, 3.8) is 0 Å². The number of benzene rings is 1. The van der Waals surface area contributed by atoms with Gasteiger partial charge in [-0.2, -0.15) is 0 Å². The fourth-order valence-electron chi connectivity index (χ4n) is 7.87. The molecule has 4 saturated heterocycles. The molecule has 5 fully saturated rings. The van der Waals surface area contributed by atoms with Crippen molar-refractivity contribution in [1.82, 2.24) is 10.2 Å². The molecule has 0 aromatic heterocycles. The van der Waals surface area contributed by atoms with Gasteiger partial charge in [0.2, 0.25) is 0 Å². The van der Waals surface area contributed by atoms with Crippen molar-refractivity contribution in [1.29, 1.82) is 0 Å². The summed E-state index contributed by atoms with van der Waals surface area (Å²) in [5.74, 6) is -2.42. The minimum Gasteiger partial charge on any atom is -0.461 e. The molecule has 0 bridgehead atoms. The van der Waals surface area contributed by atoms with E-state index < -0.39 is 64.1 Å². The van der Waals surface area contributed by atoms with E-state index in [-0.39, 0.29) is 43.3 Å². The van der Waals surface area contributed by atoms with Crippen LogP contribution < -0.4 is 5.32 Å². The van der Waals surface area contributed by atoms with E-state index in [1.54, 1.807) is 30.3 Å². The Morgan fingerprint density at radius 2 is 1.79 bits per heavy atom. The molecule has 5 aliphatic rings. The van der Waals surface area contributed by atoms with Gasteiger partial charge in [-0.15, -0.1) is 12.4 Å². The molecule has 10 nitrogen and oxygen atoms in total. The number of amides is 1. The van der Waals surface area contributed by atoms with Crippen LogP contribution in [0, 0.1) is 22.2 Å². The third-order valence-corrected chi connectivity index (χ3v) is 9.72. The third-order valence-electron chi connectivity index (χ3n) is 9.72. The quantitative estimate of drug-likeness (QED) is 0.416. The monoisotopic (exact) mass is 562 g/mol. The number of ether oxygens (including phenoxy) is 3. The lowest BCUT2D eigenvalue weighted by Gasteiger charge is -2.51. The van der Waals surface area contributed by atoms with Crippen molar-refractivity contribution in [3.05, 3.63) is 35.9 Å². The average molecular weight is 563 g/mol. The number of likely N-dealkylation sites (tertiary alicyclic amines) is 1. The van der Waals surface area contributed by atoms with E-state index in [1.807, 2.05) is 20.8 Å². The summed E-state index contributed by atoms with van der Waals surface area (Å²) in [6.07, 6.45) is -2.51. The molecule has 1 aromatic rings. The van der Waals surface area contributed by atoms with Crippen molar-refractivity contribution < 1.29 is 38.5 Å². The van der Waals surface area contributed by atoms with E-state index in [1.165, 1.54) is 4.90 Å². The lowest BCUT2D eigenvalue weighted by molar-refractivity contribution is -0.212. The molecule has 212 valence electrons. The van der Waals surface area contributed by atoms with Gasteiger partial charge in [-0.25, -0.2) is 4.79 Å². The molecule has 4 aliphatic heterocycles. The van der Waals surface area contributed by atoms with Gasteiger partial charge in [0.15, 0.2) is 12.3 Å². The summed E-state index contributed by atoms with van der Waals surface area (Å²) in [5, 5.41) is 16.0. The highest BCUT2D eigenvalue weighted by atomic mass is 35.5. The van der Waals surface area contributed by atoms with Crippen molar-refractivity contribution in [2.45, 2.75) is 70.5 Å². The molecule has 0 unspecified atom stereocenters. The third kappa shape index (κ3) is 3.47. The maximum absolute atomic E-state index is 14.3. The Balaban J connectivity index is 0.00000308. The van der Waals surface area contributed by atoms with Gasteiger partial charge in [0.1, 0.15) is 16.9 Å². The van der Waals surface area contributed by atoms with Crippen LogP contribution in [-0.2, 0) is 28.6 Å². The topological polar surface area (TPSA) is 131 Å². The average Bonchev–Trinajstić information content (AvgIpc) is 3.49. The Morgan fingerprint density at radius 3 is 2.44 bits per heavy atom. The highest BCUT2D eigenvalue weighted by Gasteiger charge is 2.93. The zero-order chi connectivity index (χ0) is 27.1. The van der Waals surface area contributed by atoms with E-state index in [4.69, 9.17) is 14.2 Å². The second-order valence-corrected chi connectivity index (χ2v) is 12.4. The van der Waals surface area contributed by atoms with E-state index >= 15 is 0 Å². The van der Waals surface area contributed by atoms with Gasteiger partial charge >= 0.3 is 17.9 Å². The maximum atomic E-state index is 14.3. The van der Waals surface area contributed by atoms with Crippen LogP contribution in [0.25, 0.3) is 0 Å². The first-order chi connectivity index (χ1) is 18.0. The first-order valence-electron chi connectivity index (χ1n) is 13.4. The molecular weight excluding hydrogens is 528 g/mol. The molecule has 0 radical (unpaired) electrons. The van der Waals surface area contributed by atoms with Crippen LogP contribution in [0.2, 0.25) is 0 Å². The van der Waals surface area contributed by atoms with Gasteiger partial charge < -0.3 is 29.5 Å². The number of carbonyl (C=O) groups is 4. The second-order valence-electron chi connectivity index (χ2n) is 12.4. The number of nitrogens with zero attached hydrogens (tertiary/aromatic N) is 1. The molecular formula is C28H35ClN2O8. The highest BCUT2D eigenvalue weighted by molar-refractivity contribution is 5.99. The summed E-state index contributed by atoms with van der Waals surface area (Å²) in [7, 11) is 0. The fourth-order valence-corrected chi connectivity index (χ4v) is 7.87. The summed E-state index contributed by atoms with van der Waals surface area (Å²) in [6, 6.07) is 8.27. The van der Waals surface area contributed by atoms with Crippen LogP contribution in [0.1, 0.15) is 56.8 Å². The van der Waals surface area contributed by atoms with Crippen LogP contribution in [-0.4, -0.2) is 77.5 Å². The number of nitrogens with one attached hydrogen (secondary N) is 1. The number of esters is 3. The van der Waals surface area contributed by atoms with Gasteiger partial charge in [-0.3, -0.25) is 14.4 Å². The number of rotatable bonds is 4. The molecule has 1 saturated carbocycles.